The van der Waals surface area contributed by atoms with Crippen LogP contribution in [0.3, 0.4) is 0 Å². The van der Waals surface area contributed by atoms with Crippen LogP contribution in [0, 0.1) is 12.3 Å². The van der Waals surface area contributed by atoms with Crippen molar-refractivity contribution >= 4 is 23.4 Å². The lowest BCUT2D eigenvalue weighted by atomic mass is 10.0. The van der Waals surface area contributed by atoms with E-state index in [9.17, 15) is 14.4 Å². The molecule has 0 atom stereocenters. The molecule has 3 amide bonds. The molecule has 1 N–H and O–H groups in total. The molecule has 1 aliphatic carbocycles. The minimum Gasteiger partial charge on any atom is -0.459 e. The van der Waals surface area contributed by atoms with Crippen molar-refractivity contribution in [3.05, 3.63) is 54.0 Å². The van der Waals surface area contributed by atoms with Crippen molar-refractivity contribution < 1.29 is 18.8 Å². The summed E-state index contributed by atoms with van der Waals surface area (Å²) in [5.41, 5.74) is 0.793. The summed E-state index contributed by atoms with van der Waals surface area (Å²) in [6.45, 7) is 3.66. The molecule has 7 nitrogen and oxygen atoms in total. The van der Waals surface area contributed by atoms with Gasteiger partial charge in [-0.2, -0.15) is 0 Å². The fourth-order valence-electron chi connectivity index (χ4n) is 3.61. The van der Waals surface area contributed by atoms with Crippen molar-refractivity contribution in [2.24, 2.45) is 5.41 Å². The van der Waals surface area contributed by atoms with E-state index < -0.39 is 5.41 Å². The van der Waals surface area contributed by atoms with Gasteiger partial charge in [0.2, 0.25) is 11.8 Å². The lowest BCUT2D eigenvalue weighted by molar-refractivity contribution is -0.143. The summed E-state index contributed by atoms with van der Waals surface area (Å²) in [4.78, 5) is 41.5. The number of amides is 3. The number of aryl methyl sites for hydroxylation is 1. The van der Waals surface area contributed by atoms with Crippen molar-refractivity contribution in [1.82, 2.24) is 9.80 Å². The zero-order valence-corrected chi connectivity index (χ0v) is 15.8. The average molecular weight is 381 g/mol. The van der Waals surface area contributed by atoms with Gasteiger partial charge < -0.3 is 19.5 Å². The third kappa shape index (κ3) is 3.40. The Hall–Kier alpha value is -3.09. The number of piperazine rings is 1. The number of carbonyl (C=O) groups is 3. The molecule has 7 heteroatoms. The van der Waals surface area contributed by atoms with Gasteiger partial charge in [0.05, 0.1) is 6.26 Å². The number of rotatable bonds is 4. The molecule has 1 saturated carbocycles. The van der Waals surface area contributed by atoms with Crippen molar-refractivity contribution in [2.75, 3.05) is 31.5 Å². The van der Waals surface area contributed by atoms with Crippen LogP contribution in [0.2, 0.25) is 0 Å². The second-order valence-electron chi connectivity index (χ2n) is 7.47. The highest BCUT2D eigenvalue weighted by molar-refractivity contribution is 6.13. The first kappa shape index (κ1) is 18.3. The van der Waals surface area contributed by atoms with Gasteiger partial charge >= 0.3 is 0 Å². The predicted molar refractivity (Wildman–Crippen MR) is 103 cm³/mol. The van der Waals surface area contributed by atoms with Gasteiger partial charge in [-0.1, -0.05) is 12.1 Å². The summed E-state index contributed by atoms with van der Waals surface area (Å²) in [6.07, 6.45) is 2.60. The summed E-state index contributed by atoms with van der Waals surface area (Å²) >= 11 is 0. The van der Waals surface area contributed by atoms with Crippen LogP contribution in [0.5, 0.6) is 0 Å². The van der Waals surface area contributed by atoms with Gasteiger partial charge in [0.25, 0.3) is 5.91 Å². The van der Waals surface area contributed by atoms with Crippen molar-refractivity contribution in [3.63, 3.8) is 0 Å². The number of hydrogen-bond acceptors (Lipinski definition) is 4. The second kappa shape index (κ2) is 7.14. The maximum Gasteiger partial charge on any atom is 0.289 e. The number of furan rings is 1. The van der Waals surface area contributed by atoms with E-state index in [1.807, 2.05) is 31.2 Å². The molecule has 2 fully saturated rings. The van der Waals surface area contributed by atoms with Gasteiger partial charge in [-0.25, -0.2) is 0 Å². The predicted octanol–water partition coefficient (Wildman–Crippen LogP) is 2.29. The fraction of sp³-hybridized carbons (Fsp3) is 0.381. The lowest BCUT2D eigenvalue weighted by Gasteiger charge is -2.36. The van der Waals surface area contributed by atoms with Crippen molar-refractivity contribution in [2.45, 2.75) is 19.8 Å². The largest absolute Gasteiger partial charge is 0.459 e. The molecule has 146 valence electrons. The van der Waals surface area contributed by atoms with E-state index in [4.69, 9.17) is 4.42 Å². The van der Waals surface area contributed by atoms with Gasteiger partial charge in [-0.05, 0) is 49.6 Å². The standard InChI is InChI=1S/C21H23N3O4/c1-15-4-2-5-16(14-15)22-19(26)21(7-8-21)20(27)24-11-9-23(10-12-24)18(25)17-6-3-13-28-17/h2-6,13-14H,7-12H2,1H3,(H,22,26). The molecule has 1 aliphatic heterocycles. The molecule has 1 aromatic heterocycles. The summed E-state index contributed by atoms with van der Waals surface area (Å²) in [5.74, 6) is -0.244. The van der Waals surface area contributed by atoms with E-state index in [-0.39, 0.29) is 17.7 Å². The summed E-state index contributed by atoms with van der Waals surface area (Å²) < 4.78 is 5.16. The number of benzene rings is 1. The van der Waals surface area contributed by atoms with Crippen LogP contribution in [-0.2, 0) is 9.59 Å². The zero-order chi connectivity index (χ0) is 19.7. The highest BCUT2D eigenvalue weighted by Crippen LogP contribution is 2.48. The first-order valence-electron chi connectivity index (χ1n) is 9.50. The number of anilines is 1. The summed E-state index contributed by atoms with van der Waals surface area (Å²) in [5, 5.41) is 2.89. The number of hydrogen-bond donors (Lipinski definition) is 1. The van der Waals surface area contributed by atoms with Crippen LogP contribution in [-0.4, -0.2) is 53.7 Å². The maximum absolute atomic E-state index is 13.0. The average Bonchev–Trinajstić information content (AvgIpc) is 3.34. The smallest absolute Gasteiger partial charge is 0.289 e. The molecule has 0 spiro atoms. The fourth-order valence-corrected chi connectivity index (χ4v) is 3.61. The molecular weight excluding hydrogens is 358 g/mol. The van der Waals surface area contributed by atoms with E-state index in [0.717, 1.165) is 5.56 Å². The highest BCUT2D eigenvalue weighted by atomic mass is 16.3. The molecule has 2 aliphatic rings. The lowest BCUT2D eigenvalue weighted by Crippen LogP contribution is -2.53. The van der Waals surface area contributed by atoms with Gasteiger partial charge in [0.1, 0.15) is 5.41 Å². The Morgan fingerprint density at radius 1 is 1.00 bits per heavy atom. The first-order chi connectivity index (χ1) is 13.5. The van der Waals surface area contributed by atoms with E-state index in [2.05, 4.69) is 5.32 Å². The molecule has 1 aromatic carbocycles. The molecule has 0 radical (unpaired) electrons. The maximum atomic E-state index is 13.0. The molecular formula is C21H23N3O4. The van der Waals surface area contributed by atoms with Gasteiger partial charge in [0.15, 0.2) is 5.76 Å². The topological polar surface area (TPSA) is 82.9 Å². The quantitative estimate of drug-likeness (QED) is 0.824. The zero-order valence-electron chi connectivity index (χ0n) is 15.8. The van der Waals surface area contributed by atoms with E-state index in [0.29, 0.717) is 50.5 Å². The Labute approximate surface area is 163 Å². The molecule has 2 heterocycles. The molecule has 4 rings (SSSR count). The molecule has 1 saturated heterocycles. The van der Waals surface area contributed by atoms with Gasteiger partial charge in [-0.15, -0.1) is 0 Å². The molecule has 0 bridgehead atoms. The number of nitrogens with zero attached hydrogens (tertiary/aromatic N) is 2. The number of carbonyl (C=O) groups excluding carboxylic acids is 3. The van der Waals surface area contributed by atoms with Crippen LogP contribution >= 0.6 is 0 Å². The second-order valence-corrected chi connectivity index (χ2v) is 7.47. The minimum absolute atomic E-state index is 0.136. The van der Waals surface area contributed by atoms with Gasteiger partial charge in [0, 0.05) is 31.9 Å². The molecule has 0 unspecified atom stereocenters. The van der Waals surface area contributed by atoms with Crippen LogP contribution in [0.25, 0.3) is 0 Å². The normalized spacial score (nSPS) is 17.9. The Kier molecular flexibility index (Phi) is 4.66. The van der Waals surface area contributed by atoms with E-state index >= 15 is 0 Å². The van der Waals surface area contributed by atoms with Crippen molar-refractivity contribution in [3.8, 4) is 0 Å². The Morgan fingerprint density at radius 2 is 1.71 bits per heavy atom. The minimum atomic E-state index is -0.961. The van der Waals surface area contributed by atoms with Crippen LogP contribution in [0.1, 0.15) is 29.0 Å². The Balaban J connectivity index is 1.37. The Bertz CT molecular complexity index is 894. The van der Waals surface area contributed by atoms with Crippen LogP contribution in [0.15, 0.2) is 47.1 Å². The van der Waals surface area contributed by atoms with E-state index in [1.54, 1.807) is 21.9 Å². The molecule has 28 heavy (non-hydrogen) atoms. The van der Waals surface area contributed by atoms with E-state index in [1.165, 1.54) is 6.26 Å². The van der Waals surface area contributed by atoms with Gasteiger partial charge in [-0.3, -0.25) is 14.4 Å². The Morgan fingerprint density at radius 3 is 2.32 bits per heavy atom. The third-order valence-electron chi connectivity index (χ3n) is 5.46. The summed E-state index contributed by atoms with van der Waals surface area (Å²) in [7, 11) is 0. The highest BCUT2D eigenvalue weighted by Gasteiger charge is 2.58. The molecule has 2 aromatic rings. The summed E-state index contributed by atoms with van der Waals surface area (Å²) in [6, 6.07) is 10.9. The monoisotopic (exact) mass is 381 g/mol. The van der Waals surface area contributed by atoms with Crippen molar-refractivity contribution in [1.29, 1.82) is 0 Å². The number of nitrogens with one attached hydrogen (secondary N) is 1. The third-order valence-corrected chi connectivity index (χ3v) is 5.46. The SMILES string of the molecule is Cc1cccc(NC(=O)C2(C(=O)N3CCN(C(=O)c4ccco4)CC3)CC2)c1. The van der Waals surface area contributed by atoms with Crippen LogP contribution in [0.4, 0.5) is 5.69 Å². The first-order valence-corrected chi connectivity index (χ1v) is 9.50. The van der Waals surface area contributed by atoms with Crippen LogP contribution < -0.4 is 5.32 Å².